The zero-order valence-corrected chi connectivity index (χ0v) is 15.3. The lowest BCUT2D eigenvalue weighted by Gasteiger charge is -2.17. The Morgan fingerprint density at radius 2 is 1.05 bits per heavy atom. The summed E-state index contributed by atoms with van der Waals surface area (Å²) in [6.07, 6.45) is 18.8. The summed E-state index contributed by atoms with van der Waals surface area (Å²) in [5, 5.41) is 0. The number of unbranched alkanes of at least 4 members (excludes halogenated alkanes) is 9. The highest BCUT2D eigenvalue weighted by molar-refractivity contribution is 4.61. The Labute approximate surface area is 130 Å². The molecule has 0 radical (unpaired) electrons. The molecule has 20 heavy (non-hydrogen) atoms. The standard InChI is InChI=1S/C20H42/c1-6-19(2)17-15-13-11-9-7-8-10-12-14-16-18-20(3,4)5/h19H,6-18H2,1-5H3. The summed E-state index contributed by atoms with van der Waals surface area (Å²) < 4.78 is 0. The summed E-state index contributed by atoms with van der Waals surface area (Å²) in [5.41, 5.74) is 0.537. The van der Waals surface area contributed by atoms with E-state index in [1.54, 1.807) is 0 Å². The highest BCUT2D eigenvalue weighted by Crippen LogP contribution is 2.22. The van der Waals surface area contributed by atoms with Crippen LogP contribution in [0.5, 0.6) is 0 Å². The van der Waals surface area contributed by atoms with Gasteiger partial charge in [-0.3, -0.25) is 0 Å². The summed E-state index contributed by atoms with van der Waals surface area (Å²) in [5.74, 6) is 0.947. The predicted molar refractivity (Wildman–Crippen MR) is 94.3 cm³/mol. The molecule has 0 rings (SSSR count). The first-order valence-corrected chi connectivity index (χ1v) is 9.45. The van der Waals surface area contributed by atoms with Gasteiger partial charge in [0.1, 0.15) is 0 Å². The minimum atomic E-state index is 0.537. The van der Waals surface area contributed by atoms with E-state index in [2.05, 4.69) is 34.6 Å². The molecule has 0 aromatic carbocycles. The third kappa shape index (κ3) is 16.1. The molecular weight excluding hydrogens is 240 g/mol. The Morgan fingerprint density at radius 3 is 1.45 bits per heavy atom. The highest BCUT2D eigenvalue weighted by atomic mass is 14.1. The normalized spacial score (nSPS) is 13.7. The molecule has 0 saturated heterocycles. The van der Waals surface area contributed by atoms with E-state index >= 15 is 0 Å². The van der Waals surface area contributed by atoms with Crippen molar-refractivity contribution in [2.75, 3.05) is 0 Å². The summed E-state index contributed by atoms with van der Waals surface area (Å²) in [7, 11) is 0. The molecule has 0 nitrogen and oxygen atoms in total. The number of hydrogen-bond acceptors (Lipinski definition) is 0. The Kier molecular flexibility index (Phi) is 12.7. The van der Waals surface area contributed by atoms with Crippen molar-refractivity contribution in [1.29, 1.82) is 0 Å². The fourth-order valence-corrected chi connectivity index (χ4v) is 2.77. The average Bonchev–Trinajstić information content (AvgIpc) is 2.38. The van der Waals surface area contributed by atoms with E-state index < -0.39 is 0 Å². The summed E-state index contributed by atoms with van der Waals surface area (Å²) in [6.45, 7) is 11.8. The molecule has 0 aliphatic heterocycles. The maximum absolute atomic E-state index is 2.39. The number of hydrogen-bond donors (Lipinski definition) is 0. The molecule has 0 aromatic rings. The fraction of sp³-hybridized carbons (Fsp3) is 1.00. The molecule has 0 heterocycles. The van der Waals surface area contributed by atoms with Crippen LogP contribution in [0.1, 0.15) is 118 Å². The molecule has 0 aromatic heterocycles. The van der Waals surface area contributed by atoms with Gasteiger partial charge in [0.2, 0.25) is 0 Å². The van der Waals surface area contributed by atoms with Crippen molar-refractivity contribution in [2.45, 2.75) is 118 Å². The van der Waals surface area contributed by atoms with Gasteiger partial charge in [0, 0.05) is 0 Å². The second-order valence-corrected chi connectivity index (χ2v) is 8.15. The third-order valence-electron chi connectivity index (χ3n) is 4.57. The predicted octanol–water partition coefficient (Wildman–Crippen LogP) is 7.76. The maximum Gasteiger partial charge on any atom is -0.0383 e. The lowest BCUT2D eigenvalue weighted by atomic mass is 9.89. The van der Waals surface area contributed by atoms with Gasteiger partial charge in [0.05, 0.1) is 0 Å². The zero-order valence-electron chi connectivity index (χ0n) is 15.3. The number of rotatable bonds is 13. The van der Waals surface area contributed by atoms with Gasteiger partial charge in [-0.05, 0) is 17.8 Å². The SMILES string of the molecule is CCC(C)CCCCCCCCCCCCC(C)(C)C. The Bertz CT molecular complexity index is 187. The van der Waals surface area contributed by atoms with Crippen LogP contribution < -0.4 is 0 Å². The van der Waals surface area contributed by atoms with Gasteiger partial charge in [0.15, 0.2) is 0 Å². The first-order chi connectivity index (χ1) is 9.45. The second-order valence-electron chi connectivity index (χ2n) is 8.15. The lowest BCUT2D eigenvalue weighted by Crippen LogP contribution is -2.03. The van der Waals surface area contributed by atoms with Crippen LogP contribution in [-0.4, -0.2) is 0 Å². The molecule has 1 unspecified atom stereocenters. The molecule has 0 saturated carbocycles. The van der Waals surface area contributed by atoms with Crippen molar-refractivity contribution in [3.05, 3.63) is 0 Å². The van der Waals surface area contributed by atoms with Crippen molar-refractivity contribution < 1.29 is 0 Å². The highest BCUT2D eigenvalue weighted by Gasteiger charge is 2.08. The molecule has 0 aliphatic rings. The van der Waals surface area contributed by atoms with Crippen molar-refractivity contribution in [3.63, 3.8) is 0 Å². The largest absolute Gasteiger partial charge is 0.0651 e. The van der Waals surface area contributed by atoms with E-state index in [1.165, 1.54) is 83.5 Å². The van der Waals surface area contributed by atoms with E-state index in [0.29, 0.717) is 5.41 Å². The molecular formula is C20H42. The summed E-state index contributed by atoms with van der Waals surface area (Å²) >= 11 is 0. The molecule has 0 heteroatoms. The van der Waals surface area contributed by atoms with Crippen LogP contribution in [0.4, 0.5) is 0 Å². The van der Waals surface area contributed by atoms with Crippen LogP contribution >= 0.6 is 0 Å². The average molecular weight is 283 g/mol. The van der Waals surface area contributed by atoms with Crippen LogP contribution in [0.25, 0.3) is 0 Å². The van der Waals surface area contributed by atoms with Gasteiger partial charge < -0.3 is 0 Å². The van der Waals surface area contributed by atoms with Crippen molar-refractivity contribution in [3.8, 4) is 0 Å². The Hall–Kier alpha value is 0. The van der Waals surface area contributed by atoms with Gasteiger partial charge >= 0.3 is 0 Å². The minimum Gasteiger partial charge on any atom is -0.0651 e. The minimum absolute atomic E-state index is 0.537. The smallest absolute Gasteiger partial charge is 0.0383 e. The molecule has 1 atom stereocenters. The molecule has 0 aliphatic carbocycles. The monoisotopic (exact) mass is 282 g/mol. The molecule has 0 bridgehead atoms. The summed E-state index contributed by atoms with van der Waals surface area (Å²) in [6, 6.07) is 0. The lowest BCUT2D eigenvalue weighted by molar-refractivity contribution is 0.356. The first-order valence-electron chi connectivity index (χ1n) is 9.45. The Balaban J connectivity index is 3.07. The molecule has 0 spiro atoms. The van der Waals surface area contributed by atoms with Gasteiger partial charge in [-0.2, -0.15) is 0 Å². The van der Waals surface area contributed by atoms with Gasteiger partial charge in [-0.15, -0.1) is 0 Å². The fourth-order valence-electron chi connectivity index (χ4n) is 2.77. The maximum atomic E-state index is 2.39. The van der Waals surface area contributed by atoms with Crippen LogP contribution in [0.3, 0.4) is 0 Å². The zero-order chi connectivity index (χ0) is 15.3. The van der Waals surface area contributed by atoms with Gasteiger partial charge in [-0.25, -0.2) is 0 Å². The van der Waals surface area contributed by atoms with Crippen molar-refractivity contribution in [1.82, 2.24) is 0 Å². The van der Waals surface area contributed by atoms with E-state index in [1.807, 2.05) is 0 Å². The van der Waals surface area contributed by atoms with Crippen LogP contribution in [0.2, 0.25) is 0 Å². The topological polar surface area (TPSA) is 0 Å². The van der Waals surface area contributed by atoms with Crippen LogP contribution in [0, 0.1) is 11.3 Å². The molecule has 0 N–H and O–H groups in total. The van der Waals surface area contributed by atoms with E-state index in [-0.39, 0.29) is 0 Å². The summed E-state index contributed by atoms with van der Waals surface area (Å²) in [4.78, 5) is 0. The Morgan fingerprint density at radius 1 is 0.650 bits per heavy atom. The van der Waals surface area contributed by atoms with Gasteiger partial charge in [0.25, 0.3) is 0 Å². The molecule has 0 fully saturated rings. The first kappa shape index (κ1) is 20.0. The van der Waals surface area contributed by atoms with E-state index in [4.69, 9.17) is 0 Å². The second kappa shape index (κ2) is 12.7. The van der Waals surface area contributed by atoms with Crippen molar-refractivity contribution >= 4 is 0 Å². The van der Waals surface area contributed by atoms with Crippen LogP contribution in [0.15, 0.2) is 0 Å². The third-order valence-corrected chi connectivity index (χ3v) is 4.57. The van der Waals surface area contributed by atoms with Crippen molar-refractivity contribution in [2.24, 2.45) is 11.3 Å². The van der Waals surface area contributed by atoms with E-state index in [0.717, 1.165) is 5.92 Å². The van der Waals surface area contributed by atoms with Gasteiger partial charge in [-0.1, -0.05) is 112 Å². The van der Waals surface area contributed by atoms with E-state index in [9.17, 15) is 0 Å². The molecule has 122 valence electrons. The van der Waals surface area contributed by atoms with Crippen LogP contribution in [-0.2, 0) is 0 Å². The quantitative estimate of drug-likeness (QED) is 0.303. The molecule has 0 amide bonds.